The first-order valence-corrected chi connectivity index (χ1v) is 8.20. The monoisotopic (exact) mass is 315 g/mol. The molecule has 1 aromatic carbocycles. The van der Waals surface area contributed by atoms with Crippen molar-refractivity contribution in [2.24, 2.45) is 5.92 Å². The van der Waals surface area contributed by atoms with Crippen molar-refractivity contribution >= 4 is 17.7 Å². The first-order valence-electron chi connectivity index (χ1n) is 8.20. The number of fused-ring (bicyclic) bond motifs is 1. The third kappa shape index (κ3) is 3.44. The Bertz CT molecular complexity index is 652. The van der Waals surface area contributed by atoms with Crippen molar-refractivity contribution in [3.63, 3.8) is 0 Å². The van der Waals surface area contributed by atoms with E-state index >= 15 is 0 Å². The average Bonchev–Trinajstić information content (AvgIpc) is 3.20. The van der Waals surface area contributed by atoms with Gasteiger partial charge in [0.2, 0.25) is 5.91 Å². The van der Waals surface area contributed by atoms with Gasteiger partial charge in [-0.1, -0.05) is 12.1 Å². The van der Waals surface area contributed by atoms with E-state index in [1.165, 1.54) is 11.1 Å². The molecule has 1 aliphatic heterocycles. The summed E-state index contributed by atoms with van der Waals surface area (Å²) in [5.74, 6) is -1.45. The van der Waals surface area contributed by atoms with Crippen molar-refractivity contribution in [1.82, 2.24) is 4.90 Å². The summed E-state index contributed by atoms with van der Waals surface area (Å²) in [4.78, 5) is 36.9. The Morgan fingerprint density at radius 2 is 1.91 bits per heavy atom. The predicted molar refractivity (Wildman–Crippen MR) is 84.4 cm³/mol. The lowest BCUT2D eigenvalue weighted by Crippen LogP contribution is -2.30. The standard InChI is InChI=1S/C18H21NO4/c20-16(14-5-4-12-2-1-3-13(12)10-14)6-7-17(21)19-9-8-15(11-19)18(22)23/h4-5,10,15H,1-3,6-9,11H2,(H,22,23). The number of ketones is 1. The Balaban J connectivity index is 1.53. The number of likely N-dealkylation sites (tertiary alicyclic amines) is 1. The molecule has 1 aliphatic carbocycles. The van der Waals surface area contributed by atoms with Crippen LogP contribution in [-0.2, 0) is 22.4 Å². The van der Waals surface area contributed by atoms with E-state index in [1.54, 1.807) is 4.90 Å². The molecule has 0 radical (unpaired) electrons. The highest BCUT2D eigenvalue weighted by Gasteiger charge is 2.30. The molecule has 1 fully saturated rings. The van der Waals surface area contributed by atoms with Crippen LogP contribution in [0.25, 0.3) is 0 Å². The first kappa shape index (κ1) is 15.7. The number of hydrogen-bond acceptors (Lipinski definition) is 3. The fraction of sp³-hybridized carbons (Fsp3) is 0.500. The number of hydrogen-bond donors (Lipinski definition) is 1. The normalized spacial score (nSPS) is 19.7. The SMILES string of the molecule is O=C(CCC(=O)N1CCC(C(=O)O)C1)c1ccc2c(c1)CCC2. The topological polar surface area (TPSA) is 74.7 Å². The number of amides is 1. The lowest BCUT2D eigenvalue weighted by atomic mass is 10.0. The number of carboxylic acid groups (broad SMARTS) is 1. The second kappa shape index (κ2) is 6.52. The lowest BCUT2D eigenvalue weighted by molar-refractivity contribution is -0.141. The molecule has 0 aromatic heterocycles. The lowest BCUT2D eigenvalue weighted by Gasteiger charge is -2.15. The van der Waals surface area contributed by atoms with E-state index in [0.29, 0.717) is 18.5 Å². The first-order chi connectivity index (χ1) is 11.0. The molecule has 1 saturated heterocycles. The minimum Gasteiger partial charge on any atom is -0.481 e. The molecule has 1 unspecified atom stereocenters. The number of nitrogens with zero attached hydrogens (tertiary/aromatic N) is 1. The largest absolute Gasteiger partial charge is 0.481 e. The number of benzene rings is 1. The van der Waals surface area contributed by atoms with Crippen molar-refractivity contribution in [2.45, 2.75) is 38.5 Å². The zero-order chi connectivity index (χ0) is 16.4. The molecule has 0 spiro atoms. The Hall–Kier alpha value is -2.17. The van der Waals surface area contributed by atoms with Crippen molar-refractivity contribution in [3.8, 4) is 0 Å². The maximum absolute atomic E-state index is 12.3. The maximum atomic E-state index is 12.3. The van der Waals surface area contributed by atoms with Gasteiger partial charge < -0.3 is 10.0 Å². The van der Waals surface area contributed by atoms with Crippen LogP contribution in [0.5, 0.6) is 0 Å². The van der Waals surface area contributed by atoms with Gasteiger partial charge in [0, 0.05) is 31.5 Å². The number of Topliss-reactive ketones (excluding diaryl/α,β-unsaturated/α-hetero) is 1. The summed E-state index contributed by atoms with van der Waals surface area (Å²) in [6.45, 7) is 0.740. The van der Waals surface area contributed by atoms with Gasteiger partial charge in [0.25, 0.3) is 0 Å². The molecule has 23 heavy (non-hydrogen) atoms. The van der Waals surface area contributed by atoms with Crippen LogP contribution in [0.2, 0.25) is 0 Å². The molecular formula is C18H21NO4. The van der Waals surface area contributed by atoms with Crippen LogP contribution in [0.3, 0.4) is 0 Å². The second-order valence-corrected chi connectivity index (χ2v) is 6.42. The third-order valence-corrected chi connectivity index (χ3v) is 4.88. The Morgan fingerprint density at radius 1 is 1.13 bits per heavy atom. The maximum Gasteiger partial charge on any atom is 0.308 e. The van der Waals surface area contributed by atoms with Gasteiger partial charge in [-0.25, -0.2) is 0 Å². The minimum absolute atomic E-state index is 0.0120. The van der Waals surface area contributed by atoms with E-state index < -0.39 is 11.9 Å². The quantitative estimate of drug-likeness (QED) is 0.844. The minimum atomic E-state index is -0.852. The zero-order valence-electron chi connectivity index (χ0n) is 13.1. The van der Waals surface area contributed by atoms with Gasteiger partial charge in [-0.05, 0) is 42.9 Å². The van der Waals surface area contributed by atoms with Crippen molar-refractivity contribution in [2.75, 3.05) is 13.1 Å². The highest BCUT2D eigenvalue weighted by Crippen LogP contribution is 2.24. The van der Waals surface area contributed by atoms with Gasteiger partial charge in [-0.3, -0.25) is 14.4 Å². The van der Waals surface area contributed by atoms with Crippen LogP contribution in [0.15, 0.2) is 18.2 Å². The van der Waals surface area contributed by atoms with Crippen LogP contribution in [0.4, 0.5) is 0 Å². The molecule has 3 rings (SSSR count). The summed E-state index contributed by atoms with van der Waals surface area (Å²) < 4.78 is 0. The number of carboxylic acids is 1. The molecule has 2 aliphatic rings. The fourth-order valence-electron chi connectivity index (χ4n) is 3.46. The van der Waals surface area contributed by atoms with Gasteiger partial charge in [0.15, 0.2) is 5.78 Å². The van der Waals surface area contributed by atoms with Crippen LogP contribution in [-0.4, -0.2) is 40.8 Å². The Morgan fingerprint density at radius 3 is 2.65 bits per heavy atom. The van der Waals surface area contributed by atoms with Gasteiger partial charge in [-0.2, -0.15) is 0 Å². The molecule has 5 heteroatoms. The van der Waals surface area contributed by atoms with Gasteiger partial charge >= 0.3 is 5.97 Å². The zero-order valence-corrected chi connectivity index (χ0v) is 13.1. The molecule has 5 nitrogen and oxygen atoms in total. The molecule has 1 atom stereocenters. The summed E-state index contributed by atoms with van der Waals surface area (Å²) in [5, 5.41) is 8.96. The third-order valence-electron chi connectivity index (χ3n) is 4.88. The highest BCUT2D eigenvalue weighted by atomic mass is 16.4. The summed E-state index contributed by atoms with van der Waals surface area (Å²) in [6, 6.07) is 5.84. The summed E-state index contributed by atoms with van der Waals surface area (Å²) in [6.07, 6.45) is 4.10. The predicted octanol–water partition coefficient (Wildman–Crippen LogP) is 2.07. The number of rotatable bonds is 5. The fourth-order valence-corrected chi connectivity index (χ4v) is 3.46. The molecule has 122 valence electrons. The van der Waals surface area contributed by atoms with E-state index in [-0.39, 0.29) is 31.1 Å². The van der Waals surface area contributed by atoms with Gasteiger partial charge in [0.05, 0.1) is 5.92 Å². The van der Waals surface area contributed by atoms with Crippen molar-refractivity contribution < 1.29 is 19.5 Å². The molecular weight excluding hydrogens is 294 g/mol. The van der Waals surface area contributed by atoms with Crippen molar-refractivity contribution in [1.29, 1.82) is 0 Å². The second-order valence-electron chi connectivity index (χ2n) is 6.42. The van der Waals surface area contributed by atoms with Crippen LogP contribution < -0.4 is 0 Å². The van der Waals surface area contributed by atoms with Gasteiger partial charge in [-0.15, -0.1) is 0 Å². The Labute approximate surface area is 135 Å². The number of aliphatic carboxylic acids is 1. The Kier molecular flexibility index (Phi) is 4.46. The molecule has 1 aromatic rings. The van der Waals surface area contributed by atoms with E-state index in [4.69, 9.17) is 5.11 Å². The van der Waals surface area contributed by atoms with E-state index in [1.807, 2.05) is 18.2 Å². The summed E-state index contributed by atoms with van der Waals surface area (Å²) in [7, 11) is 0. The molecule has 0 bridgehead atoms. The highest BCUT2D eigenvalue weighted by molar-refractivity contribution is 5.98. The van der Waals surface area contributed by atoms with E-state index in [0.717, 1.165) is 19.3 Å². The van der Waals surface area contributed by atoms with Crippen LogP contribution >= 0.6 is 0 Å². The summed E-state index contributed by atoms with van der Waals surface area (Å²) in [5.41, 5.74) is 3.27. The molecule has 0 saturated carbocycles. The molecule has 1 amide bonds. The van der Waals surface area contributed by atoms with E-state index in [9.17, 15) is 14.4 Å². The van der Waals surface area contributed by atoms with Crippen molar-refractivity contribution in [3.05, 3.63) is 34.9 Å². The van der Waals surface area contributed by atoms with E-state index in [2.05, 4.69) is 0 Å². The van der Waals surface area contributed by atoms with Crippen LogP contribution in [0.1, 0.15) is 47.2 Å². The number of carbonyl (C=O) groups excluding carboxylic acids is 2. The summed E-state index contributed by atoms with van der Waals surface area (Å²) >= 11 is 0. The number of aryl methyl sites for hydroxylation is 2. The molecule has 1 N–H and O–H groups in total. The van der Waals surface area contributed by atoms with Crippen LogP contribution in [0, 0.1) is 5.92 Å². The van der Waals surface area contributed by atoms with Gasteiger partial charge in [0.1, 0.15) is 0 Å². The molecule has 1 heterocycles. The number of carbonyl (C=O) groups is 3. The smallest absolute Gasteiger partial charge is 0.308 e. The average molecular weight is 315 g/mol.